The Morgan fingerprint density at radius 3 is 2.90 bits per heavy atom. The molecule has 0 atom stereocenters. The second-order valence-electron chi connectivity index (χ2n) is 4.57. The zero-order valence-electron chi connectivity index (χ0n) is 11.7. The Morgan fingerprint density at radius 1 is 1.30 bits per heavy atom. The molecule has 0 N–H and O–H groups in total. The first-order valence-corrected chi connectivity index (χ1v) is 6.46. The first kappa shape index (κ1) is 13.9. The maximum atomic E-state index is 9.05. The van der Waals surface area contributed by atoms with E-state index in [2.05, 4.69) is 11.1 Å². The number of hydrogen-bond acceptors (Lipinski definition) is 4. The molecule has 1 aromatic heterocycles. The topological polar surface area (TPSA) is 49.1 Å². The van der Waals surface area contributed by atoms with Gasteiger partial charge in [0, 0.05) is 13.2 Å². The molecule has 0 amide bonds. The maximum absolute atomic E-state index is 9.05. The summed E-state index contributed by atoms with van der Waals surface area (Å²) in [7, 11) is 1.91. The minimum absolute atomic E-state index is 0.543. The van der Waals surface area contributed by atoms with Crippen LogP contribution in [-0.2, 0) is 0 Å². The summed E-state index contributed by atoms with van der Waals surface area (Å²) in [5.41, 5.74) is 1.75. The van der Waals surface area contributed by atoms with Crippen molar-refractivity contribution in [2.45, 2.75) is 6.92 Å². The lowest BCUT2D eigenvalue weighted by molar-refractivity contribution is 0.325. The molecule has 1 aromatic carbocycles. The molecule has 2 aromatic rings. The van der Waals surface area contributed by atoms with Crippen molar-refractivity contribution in [2.75, 3.05) is 25.1 Å². The van der Waals surface area contributed by atoms with Crippen LogP contribution in [0.15, 0.2) is 42.6 Å². The van der Waals surface area contributed by atoms with Crippen LogP contribution in [0.2, 0.25) is 0 Å². The fraction of sp³-hybridized carbons (Fsp3) is 0.250. The van der Waals surface area contributed by atoms with Gasteiger partial charge in [0.05, 0.1) is 12.1 Å². The van der Waals surface area contributed by atoms with Gasteiger partial charge < -0.3 is 9.64 Å². The molecule has 0 unspecified atom stereocenters. The van der Waals surface area contributed by atoms with Crippen LogP contribution in [0.25, 0.3) is 0 Å². The molecular formula is C16H17N3O. The summed E-state index contributed by atoms with van der Waals surface area (Å²) >= 11 is 0. The van der Waals surface area contributed by atoms with E-state index in [1.54, 1.807) is 18.3 Å². The van der Waals surface area contributed by atoms with Crippen molar-refractivity contribution in [1.29, 1.82) is 5.26 Å². The standard InChI is InChI=1S/C16H17N3O/c1-13-5-3-7-15(11-13)20-10-9-19(2)16-14(12-17)6-4-8-18-16/h3-8,11H,9-10H2,1-2H3. The molecule has 0 saturated heterocycles. The molecule has 102 valence electrons. The van der Waals surface area contributed by atoms with Crippen molar-refractivity contribution >= 4 is 5.82 Å². The third kappa shape index (κ3) is 3.48. The highest BCUT2D eigenvalue weighted by Gasteiger charge is 2.08. The van der Waals surface area contributed by atoms with Crippen LogP contribution >= 0.6 is 0 Å². The van der Waals surface area contributed by atoms with Crippen LogP contribution < -0.4 is 9.64 Å². The molecule has 0 spiro atoms. The molecule has 1 heterocycles. The minimum Gasteiger partial charge on any atom is -0.492 e. The number of anilines is 1. The molecule has 0 aliphatic rings. The van der Waals surface area contributed by atoms with Crippen molar-refractivity contribution in [2.24, 2.45) is 0 Å². The van der Waals surface area contributed by atoms with E-state index in [1.807, 2.05) is 43.1 Å². The normalized spacial score (nSPS) is 9.85. The third-order valence-electron chi connectivity index (χ3n) is 2.95. The summed E-state index contributed by atoms with van der Waals surface area (Å²) in [6.07, 6.45) is 1.69. The fourth-order valence-corrected chi connectivity index (χ4v) is 1.90. The Morgan fingerprint density at radius 2 is 2.15 bits per heavy atom. The van der Waals surface area contributed by atoms with Gasteiger partial charge in [0.1, 0.15) is 24.2 Å². The minimum atomic E-state index is 0.543. The monoisotopic (exact) mass is 267 g/mol. The lowest BCUT2D eigenvalue weighted by Crippen LogP contribution is -2.25. The van der Waals surface area contributed by atoms with E-state index < -0.39 is 0 Å². The van der Waals surface area contributed by atoms with Crippen LogP contribution in [0, 0.1) is 18.3 Å². The van der Waals surface area contributed by atoms with Gasteiger partial charge in [-0.2, -0.15) is 5.26 Å². The zero-order valence-corrected chi connectivity index (χ0v) is 11.7. The van der Waals surface area contributed by atoms with Gasteiger partial charge in [0.25, 0.3) is 0 Å². The van der Waals surface area contributed by atoms with E-state index in [4.69, 9.17) is 10.00 Å². The third-order valence-corrected chi connectivity index (χ3v) is 2.95. The first-order valence-electron chi connectivity index (χ1n) is 6.46. The number of nitriles is 1. The Balaban J connectivity index is 1.93. The van der Waals surface area contributed by atoms with E-state index in [0.717, 1.165) is 5.75 Å². The highest BCUT2D eigenvalue weighted by Crippen LogP contribution is 2.15. The number of rotatable bonds is 5. The van der Waals surface area contributed by atoms with Crippen LogP contribution in [0.5, 0.6) is 5.75 Å². The van der Waals surface area contributed by atoms with Gasteiger partial charge in [0.2, 0.25) is 0 Å². The van der Waals surface area contributed by atoms with Crippen LogP contribution in [0.1, 0.15) is 11.1 Å². The lowest BCUT2D eigenvalue weighted by Gasteiger charge is -2.19. The number of benzene rings is 1. The van der Waals surface area contributed by atoms with Gasteiger partial charge in [-0.3, -0.25) is 0 Å². The number of aryl methyl sites for hydroxylation is 1. The number of likely N-dealkylation sites (N-methyl/N-ethyl adjacent to an activating group) is 1. The van der Waals surface area contributed by atoms with Gasteiger partial charge in [-0.05, 0) is 36.8 Å². The van der Waals surface area contributed by atoms with Crippen LogP contribution in [0.4, 0.5) is 5.82 Å². The summed E-state index contributed by atoms with van der Waals surface area (Å²) in [6, 6.07) is 13.6. The van der Waals surface area contributed by atoms with Gasteiger partial charge in [0.15, 0.2) is 0 Å². The van der Waals surface area contributed by atoms with Crippen LogP contribution in [-0.4, -0.2) is 25.2 Å². The molecule has 0 bridgehead atoms. The lowest BCUT2D eigenvalue weighted by atomic mass is 10.2. The zero-order chi connectivity index (χ0) is 14.4. The largest absolute Gasteiger partial charge is 0.492 e. The number of hydrogen-bond donors (Lipinski definition) is 0. The van der Waals surface area contributed by atoms with E-state index in [1.165, 1.54) is 5.56 Å². The average molecular weight is 267 g/mol. The predicted molar refractivity (Wildman–Crippen MR) is 78.9 cm³/mol. The van der Waals surface area contributed by atoms with Gasteiger partial charge in [-0.15, -0.1) is 0 Å². The highest BCUT2D eigenvalue weighted by atomic mass is 16.5. The number of aromatic nitrogens is 1. The highest BCUT2D eigenvalue weighted by molar-refractivity contribution is 5.52. The van der Waals surface area contributed by atoms with E-state index in [0.29, 0.717) is 24.5 Å². The van der Waals surface area contributed by atoms with Gasteiger partial charge in [-0.1, -0.05) is 12.1 Å². The second-order valence-corrected chi connectivity index (χ2v) is 4.57. The van der Waals surface area contributed by atoms with Crippen molar-refractivity contribution in [3.8, 4) is 11.8 Å². The number of ether oxygens (including phenoxy) is 1. The smallest absolute Gasteiger partial charge is 0.146 e. The molecule has 2 rings (SSSR count). The molecule has 0 saturated carbocycles. The van der Waals surface area contributed by atoms with Crippen LogP contribution in [0.3, 0.4) is 0 Å². The molecule has 0 aliphatic heterocycles. The van der Waals surface area contributed by atoms with Crippen molar-refractivity contribution in [3.05, 3.63) is 53.7 Å². The Hall–Kier alpha value is -2.54. The molecule has 20 heavy (non-hydrogen) atoms. The Kier molecular flexibility index (Phi) is 4.56. The first-order chi connectivity index (χ1) is 9.70. The van der Waals surface area contributed by atoms with Gasteiger partial charge in [-0.25, -0.2) is 4.98 Å². The van der Waals surface area contributed by atoms with E-state index in [-0.39, 0.29) is 0 Å². The summed E-state index contributed by atoms with van der Waals surface area (Å²) in [6.45, 7) is 3.24. The second kappa shape index (κ2) is 6.58. The number of pyridine rings is 1. The molecular weight excluding hydrogens is 250 g/mol. The average Bonchev–Trinajstić information content (AvgIpc) is 2.47. The fourth-order valence-electron chi connectivity index (χ4n) is 1.90. The summed E-state index contributed by atoms with van der Waals surface area (Å²) < 4.78 is 5.70. The summed E-state index contributed by atoms with van der Waals surface area (Å²) in [5.74, 6) is 1.54. The Labute approximate surface area is 119 Å². The molecule has 4 nitrogen and oxygen atoms in total. The summed E-state index contributed by atoms with van der Waals surface area (Å²) in [5, 5.41) is 9.05. The van der Waals surface area contributed by atoms with E-state index in [9.17, 15) is 0 Å². The van der Waals surface area contributed by atoms with E-state index >= 15 is 0 Å². The molecule has 4 heteroatoms. The van der Waals surface area contributed by atoms with Crippen molar-refractivity contribution < 1.29 is 4.74 Å². The predicted octanol–water partition coefficient (Wildman–Crippen LogP) is 2.78. The molecule has 0 aliphatic carbocycles. The molecule has 0 radical (unpaired) electrons. The van der Waals surface area contributed by atoms with Gasteiger partial charge >= 0.3 is 0 Å². The van der Waals surface area contributed by atoms with Crippen molar-refractivity contribution in [1.82, 2.24) is 4.98 Å². The maximum Gasteiger partial charge on any atom is 0.146 e. The Bertz CT molecular complexity index is 619. The quantitative estimate of drug-likeness (QED) is 0.835. The SMILES string of the molecule is Cc1cccc(OCCN(C)c2ncccc2C#N)c1. The summed E-state index contributed by atoms with van der Waals surface area (Å²) in [4.78, 5) is 6.16. The molecule has 0 fully saturated rings. The van der Waals surface area contributed by atoms with Crippen molar-refractivity contribution in [3.63, 3.8) is 0 Å². The number of nitrogens with zero attached hydrogens (tertiary/aromatic N) is 3.